The zero-order valence-electron chi connectivity index (χ0n) is 13.9. The van der Waals surface area contributed by atoms with Crippen LogP contribution in [0.2, 0.25) is 0 Å². The van der Waals surface area contributed by atoms with Crippen LogP contribution < -0.4 is 9.64 Å². The van der Waals surface area contributed by atoms with Gasteiger partial charge in [-0.25, -0.2) is 4.79 Å². The van der Waals surface area contributed by atoms with E-state index in [1.165, 1.54) is 16.9 Å². The molecule has 2 fully saturated rings. The normalized spacial score (nSPS) is 23.6. The Labute approximate surface area is 144 Å². The Morgan fingerprint density at radius 3 is 2.80 bits per heavy atom. The van der Waals surface area contributed by atoms with Gasteiger partial charge in [-0.1, -0.05) is 12.1 Å². The first-order valence-electron chi connectivity index (χ1n) is 8.07. The lowest BCUT2D eigenvalue weighted by Crippen LogP contribution is -2.54. The van der Waals surface area contributed by atoms with E-state index in [1.807, 2.05) is 0 Å². The van der Waals surface area contributed by atoms with Gasteiger partial charge in [-0.2, -0.15) is 0 Å². The second-order valence-corrected chi connectivity index (χ2v) is 6.04. The highest BCUT2D eigenvalue weighted by molar-refractivity contribution is 6.01. The number of hydrogen-bond donors (Lipinski definition) is 1. The Morgan fingerprint density at radius 1 is 1.32 bits per heavy atom. The van der Waals surface area contributed by atoms with Crippen molar-refractivity contribution in [3.63, 3.8) is 0 Å². The number of anilines is 1. The van der Waals surface area contributed by atoms with Crippen molar-refractivity contribution < 1.29 is 29.0 Å². The molecule has 0 aliphatic carbocycles. The van der Waals surface area contributed by atoms with Gasteiger partial charge in [-0.05, 0) is 12.1 Å². The summed E-state index contributed by atoms with van der Waals surface area (Å²) in [7, 11) is 1.52. The summed E-state index contributed by atoms with van der Waals surface area (Å²) in [5.74, 6) is -1.61. The molecule has 1 aromatic rings. The first kappa shape index (κ1) is 17.2. The molecule has 8 nitrogen and oxygen atoms in total. The molecule has 3 rings (SSSR count). The van der Waals surface area contributed by atoms with E-state index >= 15 is 0 Å². The third-order valence-electron chi connectivity index (χ3n) is 4.55. The number of hydrogen-bond acceptors (Lipinski definition) is 5. The lowest BCUT2D eigenvalue weighted by atomic mass is 10.1. The molecular weight excluding hydrogens is 328 g/mol. The monoisotopic (exact) mass is 348 g/mol. The molecule has 1 N–H and O–H groups in total. The van der Waals surface area contributed by atoms with Gasteiger partial charge >= 0.3 is 5.97 Å². The molecule has 2 saturated heterocycles. The first-order valence-corrected chi connectivity index (χ1v) is 8.07. The fourth-order valence-corrected chi connectivity index (χ4v) is 3.27. The number of nitrogens with zero attached hydrogens (tertiary/aromatic N) is 2. The van der Waals surface area contributed by atoms with Gasteiger partial charge < -0.3 is 24.4 Å². The molecule has 2 heterocycles. The van der Waals surface area contributed by atoms with Gasteiger partial charge in [0.1, 0.15) is 5.75 Å². The standard InChI is InChI=1S/C17H20N2O6/c1-24-14-5-3-2-4-12(14)19-9-11(8-15(19)20)16(21)18-6-7-25-10-13(18)17(22)23/h2-5,11,13H,6-10H2,1H3,(H,22,23)/t11-,13+/m1/s1. The Morgan fingerprint density at radius 2 is 2.08 bits per heavy atom. The number of carbonyl (C=O) groups is 3. The fraction of sp³-hybridized carbons (Fsp3) is 0.471. The van der Waals surface area contributed by atoms with Gasteiger partial charge in [0.05, 0.1) is 31.9 Å². The van der Waals surface area contributed by atoms with E-state index in [9.17, 15) is 19.5 Å². The summed E-state index contributed by atoms with van der Waals surface area (Å²) in [4.78, 5) is 39.4. The maximum Gasteiger partial charge on any atom is 0.328 e. The van der Waals surface area contributed by atoms with Crippen molar-refractivity contribution in [3.8, 4) is 5.75 Å². The van der Waals surface area contributed by atoms with Crippen LogP contribution in [-0.4, -0.2) is 67.2 Å². The molecule has 2 aliphatic rings. The topological polar surface area (TPSA) is 96.4 Å². The second kappa shape index (κ2) is 7.10. The molecule has 0 saturated carbocycles. The van der Waals surface area contributed by atoms with E-state index in [0.29, 0.717) is 18.0 Å². The Hall–Kier alpha value is -2.61. The van der Waals surface area contributed by atoms with E-state index in [4.69, 9.17) is 9.47 Å². The Bertz CT molecular complexity index is 691. The minimum absolute atomic E-state index is 0.0298. The van der Waals surface area contributed by atoms with Crippen molar-refractivity contribution >= 4 is 23.5 Å². The summed E-state index contributed by atoms with van der Waals surface area (Å²) in [5.41, 5.74) is 0.613. The SMILES string of the molecule is COc1ccccc1N1C[C@H](C(=O)N2CCOC[C@H]2C(=O)O)CC1=O. The largest absolute Gasteiger partial charge is 0.495 e. The summed E-state index contributed by atoms with van der Waals surface area (Å²) in [6, 6.07) is 6.11. The van der Waals surface area contributed by atoms with Crippen LogP contribution >= 0.6 is 0 Å². The highest BCUT2D eigenvalue weighted by Gasteiger charge is 2.42. The van der Waals surface area contributed by atoms with E-state index < -0.39 is 17.9 Å². The molecule has 2 atom stereocenters. The minimum Gasteiger partial charge on any atom is -0.495 e. The van der Waals surface area contributed by atoms with Crippen LogP contribution in [0, 0.1) is 5.92 Å². The summed E-state index contributed by atoms with van der Waals surface area (Å²) in [5, 5.41) is 9.28. The number of carboxylic acid groups (broad SMARTS) is 1. The van der Waals surface area contributed by atoms with E-state index in [0.717, 1.165) is 0 Å². The zero-order valence-corrected chi connectivity index (χ0v) is 13.9. The average Bonchev–Trinajstić information content (AvgIpc) is 3.02. The number of ether oxygens (including phenoxy) is 2. The Balaban J connectivity index is 1.77. The van der Waals surface area contributed by atoms with Crippen LogP contribution in [0.1, 0.15) is 6.42 Å². The van der Waals surface area contributed by atoms with Gasteiger partial charge in [0.15, 0.2) is 6.04 Å². The molecule has 25 heavy (non-hydrogen) atoms. The predicted octanol–water partition coefficient (Wildman–Crippen LogP) is 0.360. The molecule has 0 aromatic heterocycles. The van der Waals surface area contributed by atoms with Crippen LogP contribution in [0.3, 0.4) is 0 Å². The van der Waals surface area contributed by atoms with Crippen molar-refractivity contribution in [1.82, 2.24) is 4.90 Å². The number of para-hydroxylation sites is 2. The van der Waals surface area contributed by atoms with Crippen LogP contribution in [0.5, 0.6) is 5.75 Å². The number of carboxylic acids is 1. The average molecular weight is 348 g/mol. The molecule has 0 radical (unpaired) electrons. The highest BCUT2D eigenvalue weighted by atomic mass is 16.5. The number of aliphatic carboxylic acids is 1. The molecule has 8 heteroatoms. The summed E-state index contributed by atoms with van der Waals surface area (Å²) >= 11 is 0. The number of amides is 2. The molecule has 2 amide bonds. The minimum atomic E-state index is -1.10. The molecule has 134 valence electrons. The molecule has 0 bridgehead atoms. The third-order valence-corrected chi connectivity index (χ3v) is 4.55. The van der Waals surface area contributed by atoms with Crippen molar-refractivity contribution in [1.29, 1.82) is 0 Å². The van der Waals surface area contributed by atoms with Gasteiger partial charge in [-0.3, -0.25) is 9.59 Å². The number of methoxy groups -OCH3 is 1. The smallest absolute Gasteiger partial charge is 0.328 e. The van der Waals surface area contributed by atoms with Crippen molar-refractivity contribution in [2.24, 2.45) is 5.92 Å². The predicted molar refractivity (Wildman–Crippen MR) is 87.4 cm³/mol. The fourth-order valence-electron chi connectivity index (χ4n) is 3.27. The number of carbonyl (C=O) groups excluding carboxylic acids is 2. The Kier molecular flexibility index (Phi) is 4.89. The van der Waals surface area contributed by atoms with Gasteiger partial charge in [0.25, 0.3) is 0 Å². The molecule has 1 aromatic carbocycles. The van der Waals surface area contributed by atoms with Crippen LogP contribution in [0.25, 0.3) is 0 Å². The van der Waals surface area contributed by atoms with Gasteiger partial charge in [0, 0.05) is 19.5 Å². The number of rotatable bonds is 4. The maximum atomic E-state index is 12.8. The summed E-state index contributed by atoms with van der Waals surface area (Å²) in [6.07, 6.45) is 0.0561. The van der Waals surface area contributed by atoms with Crippen molar-refractivity contribution in [2.45, 2.75) is 12.5 Å². The van der Waals surface area contributed by atoms with E-state index in [1.54, 1.807) is 24.3 Å². The zero-order chi connectivity index (χ0) is 18.0. The number of morpholine rings is 1. The lowest BCUT2D eigenvalue weighted by molar-refractivity contribution is -0.160. The molecule has 0 spiro atoms. The summed E-state index contributed by atoms with van der Waals surface area (Å²) in [6.45, 7) is 0.696. The van der Waals surface area contributed by atoms with Crippen molar-refractivity contribution in [2.75, 3.05) is 38.3 Å². The number of benzene rings is 1. The first-order chi connectivity index (χ1) is 12.0. The van der Waals surface area contributed by atoms with Crippen LogP contribution in [-0.2, 0) is 19.1 Å². The molecule has 0 unspecified atom stereocenters. The van der Waals surface area contributed by atoms with E-state index in [2.05, 4.69) is 0 Å². The lowest BCUT2D eigenvalue weighted by Gasteiger charge is -2.34. The second-order valence-electron chi connectivity index (χ2n) is 6.04. The van der Waals surface area contributed by atoms with Gasteiger partial charge in [-0.15, -0.1) is 0 Å². The molecular formula is C17H20N2O6. The third kappa shape index (κ3) is 3.30. The molecule has 2 aliphatic heterocycles. The van der Waals surface area contributed by atoms with E-state index in [-0.39, 0.29) is 37.9 Å². The quantitative estimate of drug-likeness (QED) is 0.844. The van der Waals surface area contributed by atoms with Crippen LogP contribution in [0.4, 0.5) is 5.69 Å². The van der Waals surface area contributed by atoms with Gasteiger partial charge in [0.2, 0.25) is 11.8 Å². The summed E-state index contributed by atoms with van der Waals surface area (Å²) < 4.78 is 10.4. The van der Waals surface area contributed by atoms with Crippen molar-refractivity contribution in [3.05, 3.63) is 24.3 Å². The maximum absolute atomic E-state index is 12.8. The van der Waals surface area contributed by atoms with Crippen LogP contribution in [0.15, 0.2) is 24.3 Å². The highest BCUT2D eigenvalue weighted by Crippen LogP contribution is 2.33.